The predicted octanol–water partition coefficient (Wildman–Crippen LogP) is 1.75. The maximum atomic E-state index is 12.0. The van der Waals surface area contributed by atoms with E-state index in [1.54, 1.807) is 4.90 Å². The van der Waals surface area contributed by atoms with Crippen molar-refractivity contribution in [3.05, 3.63) is 24.0 Å². The van der Waals surface area contributed by atoms with Crippen LogP contribution in [0.2, 0.25) is 0 Å². The molecule has 7 heteroatoms. The number of carboxylic acids is 1. The smallest absolute Gasteiger partial charge is 0.337 e. The minimum absolute atomic E-state index is 0.0595. The number of urea groups is 1. The number of aromatic carboxylic acids is 1. The van der Waals surface area contributed by atoms with E-state index in [2.05, 4.69) is 10.3 Å². The number of carboxylic acid groups (broad SMARTS) is 1. The molecule has 0 saturated carbocycles. The van der Waals surface area contributed by atoms with Gasteiger partial charge in [0, 0.05) is 25.0 Å². The molecule has 0 unspecified atom stereocenters. The second-order valence-electron chi connectivity index (χ2n) is 4.15. The van der Waals surface area contributed by atoms with Crippen LogP contribution in [0.15, 0.2) is 18.5 Å². The summed E-state index contributed by atoms with van der Waals surface area (Å²) in [5.74, 6) is 0.940. The third kappa shape index (κ3) is 3.85. The number of amides is 2. The molecule has 0 spiro atoms. The van der Waals surface area contributed by atoms with E-state index in [0.717, 1.165) is 24.5 Å². The Labute approximate surface area is 115 Å². The van der Waals surface area contributed by atoms with E-state index in [1.807, 2.05) is 11.8 Å². The maximum Gasteiger partial charge on any atom is 0.337 e. The van der Waals surface area contributed by atoms with Crippen molar-refractivity contribution in [2.24, 2.45) is 0 Å². The minimum Gasteiger partial charge on any atom is -0.478 e. The molecular formula is C12H15N3O3S. The summed E-state index contributed by atoms with van der Waals surface area (Å²) in [6.07, 6.45) is 3.67. The van der Waals surface area contributed by atoms with Crippen LogP contribution in [-0.2, 0) is 0 Å². The Balaban J connectivity index is 2.01. The lowest BCUT2D eigenvalue weighted by Crippen LogP contribution is -2.36. The first-order valence-corrected chi connectivity index (χ1v) is 7.14. The van der Waals surface area contributed by atoms with Crippen LogP contribution in [0.25, 0.3) is 0 Å². The molecule has 1 aromatic heterocycles. The van der Waals surface area contributed by atoms with E-state index in [9.17, 15) is 9.59 Å². The first kappa shape index (κ1) is 13.7. The fourth-order valence-corrected chi connectivity index (χ4v) is 2.66. The van der Waals surface area contributed by atoms with Crippen LogP contribution in [0.5, 0.6) is 0 Å². The van der Waals surface area contributed by atoms with Gasteiger partial charge in [-0.05, 0) is 18.2 Å². The Kier molecular flexibility index (Phi) is 4.62. The summed E-state index contributed by atoms with van der Waals surface area (Å²) >= 11 is 1.84. The van der Waals surface area contributed by atoms with Crippen LogP contribution < -0.4 is 5.32 Å². The molecule has 2 N–H and O–H groups in total. The van der Waals surface area contributed by atoms with Crippen molar-refractivity contribution in [2.75, 3.05) is 29.9 Å². The first-order chi connectivity index (χ1) is 9.16. The molecule has 1 aliphatic heterocycles. The summed E-state index contributed by atoms with van der Waals surface area (Å²) in [6, 6.07) is 1.20. The first-order valence-electron chi connectivity index (χ1n) is 5.99. The summed E-state index contributed by atoms with van der Waals surface area (Å²) in [5.41, 5.74) is 0.464. The Bertz CT molecular complexity index is 473. The highest BCUT2D eigenvalue weighted by Gasteiger charge is 2.16. The SMILES string of the molecule is O=C(O)c1cncc(NC(=O)N2CCCSCC2)c1. The highest BCUT2D eigenvalue weighted by Crippen LogP contribution is 2.13. The second kappa shape index (κ2) is 6.42. The Morgan fingerprint density at radius 1 is 1.32 bits per heavy atom. The van der Waals surface area contributed by atoms with E-state index in [1.165, 1.54) is 18.5 Å². The van der Waals surface area contributed by atoms with E-state index in [-0.39, 0.29) is 11.6 Å². The van der Waals surface area contributed by atoms with Gasteiger partial charge >= 0.3 is 12.0 Å². The molecule has 1 aromatic rings. The van der Waals surface area contributed by atoms with Crippen LogP contribution in [-0.4, -0.2) is 51.6 Å². The van der Waals surface area contributed by atoms with E-state index in [0.29, 0.717) is 12.2 Å². The number of pyridine rings is 1. The average Bonchev–Trinajstić information content (AvgIpc) is 2.68. The van der Waals surface area contributed by atoms with Crippen molar-refractivity contribution in [1.82, 2.24) is 9.88 Å². The lowest BCUT2D eigenvalue weighted by molar-refractivity contribution is 0.0696. The monoisotopic (exact) mass is 281 g/mol. The van der Waals surface area contributed by atoms with Gasteiger partial charge in [0.05, 0.1) is 17.4 Å². The number of anilines is 1. The standard InChI is InChI=1S/C12H15N3O3S/c16-11(17)9-6-10(8-13-7-9)14-12(18)15-2-1-4-19-5-3-15/h6-8H,1-5H2,(H,14,18)(H,16,17). The number of rotatable bonds is 2. The fourth-order valence-electron chi connectivity index (χ4n) is 1.78. The van der Waals surface area contributed by atoms with Crippen LogP contribution in [0, 0.1) is 0 Å². The molecule has 0 atom stereocenters. The van der Waals surface area contributed by atoms with Gasteiger partial charge in [0.25, 0.3) is 0 Å². The molecule has 19 heavy (non-hydrogen) atoms. The molecule has 0 radical (unpaired) electrons. The summed E-state index contributed by atoms with van der Waals surface area (Å²) in [6.45, 7) is 1.44. The lowest BCUT2D eigenvalue weighted by atomic mass is 10.2. The summed E-state index contributed by atoms with van der Waals surface area (Å²) < 4.78 is 0. The van der Waals surface area contributed by atoms with Crippen molar-refractivity contribution in [3.8, 4) is 0 Å². The highest BCUT2D eigenvalue weighted by molar-refractivity contribution is 7.99. The van der Waals surface area contributed by atoms with Crippen molar-refractivity contribution >= 4 is 29.4 Å². The molecule has 6 nitrogen and oxygen atoms in total. The van der Waals surface area contributed by atoms with Crippen LogP contribution in [0.4, 0.5) is 10.5 Å². The van der Waals surface area contributed by atoms with Crippen molar-refractivity contribution in [3.63, 3.8) is 0 Å². The van der Waals surface area contributed by atoms with Gasteiger partial charge in [0.15, 0.2) is 0 Å². The normalized spacial score (nSPS) is 15.7. The summed E-state index contributed by atoms with van der Waals surface area (Å²) in [4.78, 5) is 28.4. The zero-order valence-electron chi connectivity index (χ0n) is 10.3. The van der Waals surface area contributed by atoms with Crippen LogP contribution in [0.1, 0.15) is 16.8 Å². The lowest BCUT2D eigenvalue weighted by Gasteiger charge is -2.20. The third-order valence-electron chi connectivity index (χ3n) is 2.75. The molecule has 0 aromatic carbocycles. The van der Waals surface area contributed by atoms with Gasteiger partial charge in [-0.2, -0.15) is 11.8 Å². The number of nitrogens with one attached hydrogen (secondary N) is 1. The van der Waals surface area contributed by atoms with Gasteiger partial charge in [-0.25, -0.2) is 9.59 Å². The van der Waals surface area contributed by atoms with Crippen LogP contribution >= 0.6 is 11.8 Å². The predicted molar refractivity (Wildman–Crippen MR) is 73.7 cm³/mol. The topological polar surface area (TPSA) is 82.5 Å². The number of hydrogen-bond donors (Lipinski definition) is 2. The molecule has 102 valence electrons. The second-order valence-corrected chi connectivity index (χ2v) is 5.38. The van der Waals surface area contributed by atoms with Gasteiger partial charge in [-0.1, -0.05) is 0 Å². The van der Waals surface area contributed by atoms with E-state index in [4.69, 9.17) is 5.11 Å². The number of thioether (sulfide) groups is 1. The van der Waals surface area contributed by atoms with Gasteiger partial charge < -0.3 is 15.3 Å². The molecule has 1 fully saturated rings. The van der Waals surface area contributed by atoms with Crippen molar-refractivity contribution in [2.45, 2.75) is 6.42 Å². The van der Waals surface area contributed by atoms with Gasteiger partial charge in [-0.3, -0.25) is 4.98 Å². The molecular weight excluding hydrogens is 266 g/mol. The van der Waals surface area contributed by atoms with Gasteiger partial charge in [0.2, 0.25) is 0 Å². The molecule has 2 rings (SSSR count). The number of carbonyl (C=O) groups is 2. The molecule has 1 aliphatic rings. The fraction of sp³-hybridized carbons (Fsp3) is 0.417. The number of aromatic nitrogens is 1. The Hall–Kier alpha value is -1.76. The third-order valence-corrected chi connectivity index (χ3v) is 3.79. The van der Waals surface area contributed by atoms with Gasteiger partial charge in [0.1, 0.15) is 0 Å². The molecule has 2 amide bonds. The molecule has 2 heterocycles. The Morgan fingerprint density at radius 3 is 2.95 bits per heavy atom. The van der Waals surface area contributed by atoms with Crippen molar-refractivity contribution in [1.29, 1.82) is 0 Å². The molecule has 1 saturated heterocycles. The molecule has 0 aliphatic carbocycles. The maximum absolute atomic E-state index is 12.0. The number of nitrogens with zero attached hydrogens (tertiary/aromatic N) is 2. The molecule has 0 bridgehead atoms. The summed E-state index contributed by atoms with van der Waals surface area (Å²) in [5, 5.41) is 11.5. The van der Waals surface area contributed by atoms with Crippen LogP contribution in [0.3, 0.4) is 0 Å². The minimum atomic E-state index is -1.06. The average molecular weight is 281 g/mol. The highest BCUT2D eigenvalue weighted by atomic mass is 32.2. The van der Waals surface area contributed by atoms with Gasteiger partial charge in [-0.15, -0.1) is 0 Å². The van der Waals surface area contributed by atoms with E-state index >= 15 is 0 Å². The van der Waals surface area contributed by atoms with Crippen molar-refractivity contribution < 1.29 is 14.7 Å². The Morgan fingerprint density at radius 2 is 2.16 bits per heavy atom. The number of carbonyl (C=O) groups excluding carboxylic acids is 1. The zero-order valence-corrected chi connectivity index (χ0v) is 11.2. The summed E-state index contributed by atoms with van der Waals surface area (Å²) in [7, 11) is 0. The zero-order chi connectivity index (χ0) is 13.7. The quantitative estimate of drug-likeness (QED) is 0.863. The largest absolute Gasteiger partial charge is 0.478 e. The van der Waals surface area contributed by atoms with E-state index < -0.39 is 5.97 Å². The number of hydrogen-bond acceptors (Lipinski definition) is 4.